The molecule has 0 spiro atoms. The number of hydrogen-bond donors (Lipinski definition) is 0. The van der Waals surface area contributed by atoms with Crippen molar-refractivity contribution in [3.05, 3.63) is 63.6 Å². The molecule has 0 unspecified atom stereocenters. The van der Waals surface area contributed by atoms with Gasteiger partial charge in [0.05, 0.1) is 0 Å². The Labute approximate surface area is 166 Å². The van der Waals surface area contributed by atoms with E-state index in [0.29, 0.717) is 6.54 Å². The number of carbonyl (C=O) groups excluding carboxylic acids is 2. The summed E-state index contributed by atoms with van der Waals surface area (Å²) in [4.78, 5) is 40.1. The molecule has 2 amide bonds. The fourth-order valence-electron chi connectivity index (χ4n) is 3.12. The highest BCUT2D eigenvalue weighted by Crippen LogP contribution is 2.14. The first-order valence-corrected chi connectivity index (χ1v) is 9.52. The number of aryl methyl sites for hydroxylation is 1. The number of amides is 2. The van der Waals surface area contributed by atoms with Gasteiger partial charge in [-0.05, 0) is 30.7 Å². The van der Waals surface area contributed by atoms with E-state index in [9.17, 15) is 23.2 Å². The van der Waals surface area contributed by atoms with Crippen LogP contribution < -0.4 is 5.56 Å². The molecule has 0 saturated carbocycles. The van der Waals surface area contributed by atoms with Gasteiger partial charge in [-0.3, -0.25) is 14.4 Å². The van der Waals surface area contributed by atoms with Gasteiger partial charge in [-0.1, -0.05) is 13.3 Å². The zero-order valence-electron chi connectivity index (χ0n) is 16.1. The van der Waals surface area contributed by atoms with Crippen LogP contribution in [0.1, 0.15) is 40.6 Å². The maximum atomic E-state index is 13.4. The number of piperazine rings is 1. The predicted octanol–water partition coefficient (Wildman–Crippen LogP) is 1.92. The second-order valence-corrected chi connectivity index (χ2v) is 6.85. The van der Waals surface area contributed by atoms with E-state index < -0.39 is 17.5 Å². The fourth-order valence-corrected chi connectivity index (χ4v) is 3.12. The first kappa shape index (κ1) is 20.6. The van der Waals surface area contributed by atoms with E-state index in [0.717, 1.165) is 25.0 Å². The quantitative estimate of drug-likeness (QED) is 0.763. The van der Waals surface area contributed by atoms with Crippen molar-refractivity contribution < 1.29 is 18.4 Å². The maximum Gasteiger partial charge on any atom is 0.274 e. The summed E-state index contributed by atoms with van der Waals surface area (Å²) in [6.45, 7) is 3.54. The lowest BCUT2D eigenvalue weighted by atomic mass is 10.1. The molecular formula is C20H22F2N4O3. The lowest BCUT2D eigenvalue weighted by Crippen LogP contribution is -2.51. The van der Waals surface area contributed by atoms with Crippen molar-refractivity contribution in [1.29, 1.82) is 0 Å². The number of benzene rings is 1. The largest absolute Gasteiger partial charge is 0.335 e. The third kappa shape index (κ3) is 4.67. The van der Waals surface area contributed by atoms with E-state index >= 15 is 0 Å². The van der Waals surface area contributed by atoms with Crippen LogP contribution in [0.4, 0.5) is 8.78 Å². The molecule has 2 heterocycles. The number of aromatic nitrogens is 2. The summed E-state index contributed by atoms with van der Waals surface area (Å²) >= 11 is 0. The Morgan fingerprint density at radius 2 is 1.62 bits per heavy atom. The van der Waals surface area contributed by atoms with Gasteiger partial charge < -0.3 is 9.80 Å². The normalized spacial score (nSPS) is 14.2. The average Bonchev–Trinajstić information content (AvgIpc) is 2.74. The van der Waals surface area contributed by atoms with Crippen LogP contribution in [0.5, 0.6) is 0 Å². The minimum atomic E-state index is -1.08. The highest BCUT2D eigenvalue weighted by molar-refractivity contribution is 5.95. The van der Waals surface area contributed by atoms with E-state index in [1.54, 1.807) is 4.90 Å². The van der Waals surface area contributed by atoms with Crippen LogP contribution in [0.25, 0.3) is 0 Å². The lowest BCUT2D eigenvalue weighted by molar-refractivity contribution is 0.0530. The van der Waals surface area contributed by atoms with Crippen LogP contribution in [0.3, 0.4) is 0 Å². The van der Waals surface area contributed by atoms with Crippen LogP contribution in [-0.4, -0.2) is 57.6 Å². The van der Waals surface area contributed by atoms with Crippen molar-refractivity contribution in [2.75, 3.05) is 26.2 Å². The van der Waals surface area contributed by atoms with Crippen molar-refractivity contribution >= 4 is 11.8 Å². The third-order valence-corrected chi connectivity index (χ3v) is 4.83. The summed E-state index contributed by atoms with van der Waals surface area (Å²) in [7, 11) is 0. The average molecular weight is 404 g/mol. The molecule has 154 valence electrons. The molecule has 1 aromatic carbocycles. The Kier molecular flexibility index (Phi) is 6.36. The predicted molar refractivity (Wildman–Crippen MR) is 102 cm³/mol. The van der Waals surface area contributed by atoms with E-state index in [2.05, 4.69) is 5.10 Å². The molecule has 9 heteroatoms. The first-order chi connectivity index (χ1) is 13.9. The molecule has 2 aromatic rings. The van der Waals surface area contributed by atoms with Gasteiger partial charge >= 0.3 is 0 Å². The number of unbranched alkanes of at least 4 members (excludes halogenated alkanes) is 1. The zero-order chi connectivity index (χ0) is 21.0. The standard InChI is InChI=1S/C20H22F2N4O3/c1-2-3-8-26-18(27)7-6-17(23-26)20(29)25-11-9-24(10-12-25)19(28)14-4-5-15(21)16(22)13-14/h4-7,13H,2-3,8-12H2,1H3. The van der Waals surface area contributed by atoms with Gasteiger partial charge in [0.1, 0.15) is 5.69 Å². The van der Waals surface area contributed by atoms with E-state index in [4.69, 9.17) is 0 Å². The Balaban J connectivity index is 1.64. The molecule has 1 saturated heterocycles. The summed E-state index contributed by atoms with van der Waals surface area (Å²) < 4.78 is 27.7. The van der Waals surface area contributed by atoms with Gasteiger partial charge in [-0.25, -0.2) is 13.5 Å². The summed E-state index contributed by atoms with van der Waals surface area (Å²) in [5, 5.41) is 4.16. The van der Waals surface area contributed by atoms with Gasteiger partial charge in [0, 0.05) is 44.4 Å². The summed E-state index contributed by atoms with van der Waals surface area (Å²) in [6.07, 6.45) is 1.69. The molecule has 3 rings (SSSR count). The summed E-state index contributed by atoms with van der Waals surface area (Å²) in [5.41, 5.74) is -0.00799. The second-order valence-electron chi connectivity index (χ2n) is 6.85. The van der Waals surface area contributed by atoms with E-state index in [1.807, 2.05) is 6.92 Å². The van der Waals surface area contributed by atoms with Crippen LogP contribution >= 0.6 is 0 Å². The number of carbonyl (C=O) groups is 2. The highest BCUT2D eigenvalue weighted by Gasteiger charge is 2.27. The highest BCUT2D eigenvalue weighted by atomic mass is 19.2. The van der Waals surface area contributed by atoms with Crippen LogP contribution in [0.2, 0.25) is 0 Å². The van der Waals surface area contributed by atoms with Gasteiger partial charge in [0.2, 0.25) is 0 Å². The van der Waals surface area contributed by atoms with Gasteiger partial charge in [0.15, 0.2) is 11.6 Å². The lowest BCUT2D eigenvalue weighted by Gasteiger charge is -2.34. The molecule has 0 radical (unpaired) electrons. The van der Waals surface area contributed by atoms with Crippen molar-refractivity contribution in [2.45, 2.75) is 26.3 Å². The number of nitrogens with zero attached hydrogens (tertiary/aromatic N) is 4. The molecule has 0 aliphatic carbocycles. The van der Waals surface area contributed by atoms with Crippen LogP contribution in [0, 0.1) is 11.6 Å². The minimum absolute atomic E-state index is 0.0633. The molecular weight excluding hydrogens is 382 g/mol. The number of halogens is 2. The minimum Gasteiger partial charge on any atom is -0.335 e. The number of rotatable bonds is 5. The molecule has 29 heavy (non-hydrogen) atoms. The van der Waals surface area contributed by atoms with Crippen molar-refractivity contribution in [1.82, 2.24) is 19.6 Å². The smallest absolute Gasteiger partial charge is 0.274 e. The molecule has 0 bridgehead atoms. The molecule has 0 atom stereocenters. The molecule has 7 nitrogen and oxygen atoms in total. The van der Waals surface area contributed by atoms with Crippen LogP contribution in [0.15, 0.2) is 35.1 Å². The molecule has 1 aliphatic rings. The van der Waals surface area contributed by atoms with Gasteiger partial charge in [-0.15, -0.1) is 0 Å². The summed E-state index contributed by atoms with van der Waals surface area (Å²) in [6, 6.07) is 5.77. The second kappa shape index (κ2) is 8.93. The molecule has 0 N–H and O–H groups in total. The van der Waals surface area contributed by atoms with E-state index in [-0.39, 0.29) is 48.9 Å². The van der Waals surface area contributed by atoms with Crippen molar-refractivity contribution in [2.24, 2.45) is 0 Å². The number of hydrogen-bond acceptors (Lipinski definition) is 4. The monoisotopic (exact) mass is 404 g/mol. The SMILES string of the molecule is CCCCn1nc(C(=O)N2CCN(C(=O)c3ccc(F)c(F)c3)CC2)ccc1=O. The molecule has 1 aliphatic heterocycles. The Hall–Kier alpha value is -3.10. The Bertz CT molecular complexity index is 968. The Morgan fingerprint density at radius 1 is 0.966 bits per heavy atom. The zero-order valence-corrected chi connectivity index (χ0v) is 16.1. The van der Waals surface area contributed by atoms with Crippen molar-refractivity contribution in [3.63, 3.8) is 0 Å². The van der Waals surface area contributed by atoms with E-state index in [1.165, 1.54) is 27.8 Å². The van der Waals surface area contributed by atoms with Crippen molar-refractivity contribution in [3.8, 4) is 0 Å². The molecule has 1 fully saturated rings. The summed E-state index contributed by atoms with van der Waals surface area (Å²) in [5.74, 6) is -2.81. The Morgan fingerprint density at radius 3 is 2.24 bits per heavy atom. The third-order valence-electron chi connectivity index (χ3n) is 4.83. The first-order valence-electron chi connectivity index (χ1n) is 9.52. The van der Waals surface area contributed by atoms with Crippen LogP contribution in [-0.2, 0) is 6.54 Å². The van der Waals surface area contributed by atoms with Gasteiger partial charge in [-0.2, -0.15) is 5.10 Å². The van der Waals surface area contributed by atoms with Gasteiger partial charge in [0.25, 0.3) is 17.4 Å². The molecule has 1 aromatic heterocycles. The fraction of sp³-hybridized carbons (Fsp3) is 0.400. The topological polar surface area (TPSA) is 75.5 Å². The maximum absolute atomic E-state index is 13.4.